The average Bonchev–Trinajstić information content (AvgIpc) is 2.91. The summed E-state index contributed by atoms with van der Waals surface area (Å²) in [6.07, 6.45) is -1.08. The monoisotopic (exact) mass is 555 g/mol. The van der Waals surface area contributed by atoms with E-state index in [1.807, 2.05) is 6.07 Å². The van der Waals surface area contributed by atoms with Gasteiger partial charge in [0, 0.05) is 37.1 Å². The number of carbonyl (C=O) groups excluding carboxylic acids is 1. The number of pyridine rings is 2. The van der Waals surface area contributed by atoms with Crippen molar-refractivity contribution in [1.29, 1.82) is 5.26 Å². The third kappa shape index (κ3) is 7.18. The van der Waals surface area contributed by atoms with Gasteiger partial charge >= 0.3 is 6.18 Å². The van der Waals surface area contributed by atoms with Gasteiger partial charge in [0.05, 0.1) is 5.56 Å². The SMILES string of the molecule is CN(C=O)Nc1nn(C)c(=O)c(-c2ccc(Cl)cc2)c1-c1ccnc(C#N)c1.Cc1ccc(C(F)(F)F)nc1. The molecule has 1 aromatic carbocycles. The lowest BCUT2D eigenvalue weighted by Crippen LogP contribution is -2.29. The first kappa shape index (κ1) is 28.8. The van der Waals surface area contributed by atoms with Crippen LogP contribution >= 0.6 is 11.6 Å². The van der Waals surface area contributed by atoms with Crippen molar-refractivity contribution in [2.24, 2.45) is 7.05 Å². The van der Waals surface area contributed by atoms with E-state index in [4.69, 9.17) is 11.6 Å². The number of amides is 1. The number of halogens is 4. The molecule has 0 aliphatic rings. The van der Waals surface area contributed by atoms with E-state index in [1.54, 1.807) is 43.3 Å². The van der Waals surface area contributed by atoms with Gasteiger partial charge in [-0.25, -0.2) is 9.67 Å². The van der Waals surface area contributed by atoms with Gasteiger partial charge < -0.3 is 0 Å². The fraction of sp³-hybridized carbons (Fsp3) is 0.154. The van der Waals surface area contributed by atoms with E-state index in [9.17, 15) is 28.0 Å². The molecule has 0 aliphatic heterocycles. The highest BCUT2D eigenvalue weighted by atomic mass is 35.5. The first-order chi connectivity index (χ1) is 18.4. The van der Waals surface area contributed by atoms with Crippen LogP contribution in [0.4, 0.5) is 19.0 Å². The van der Waals surface area contributed by atoms with Gasteiger partial charge in [-0.2, -0.15) is 23.5 Å². The van der Waals surface area contributed by atoms with Gasteiger partial charge in [-0.3, -0.25) is 25.0 Å². The number of alkyl halides is 3. The first-order valence-corrected chi connectivity index (χ1v) is 11.5. The molecule has 0 aliphatic carbocycles. The van der Waals surface area contributed by atoms with E-state index >= 15 is 0 Å². The van der Waals surface area contributed by atoms with Crippen LogP contribution in [0, 0.1) is 18.3 Å². The minimum atomic E-state index is -4.33. The van der Waals surface area contributed by atoms with Crippen LogP contribution in [0.3, 0.4) is 0 Å². The van der Waals surface area contributed by atoms with Crippen molar-refractivity contribution in [2.75, 3.05) is 12.5 Å². The Kier molecular flexibility index (Phi) is 9.00. The zero-order valence-corrected chi connectivity index (χ0v) is 21.6. The number of carbonyl (C=O) groups is 1. The van der Waals surface area contributed by atoms with E-state index in [-0.39, 0.29) is 17.1 Å². The van der Waals surface area contributed by atoms with Gasteiger partial charge in [0.1, 0.15) is 17.5 Å². The topological polar surface area (TPSA) is 117 Å². The van der Waals surface area contributed by atoms with Crippen LogP contribution in [0.25, 0.3) is 22.3 Å². The molecule has 0 unspecified atom stereocenters. The van der Waals surface area contributed by atoms with E-state index in [0.717, 1.165) is 11.6 Å². The summed E-state index contributed by atoms with van der Waals surface area (Å²) in [6, 6.07) is 14.4. The van der Waals surface area contributed by atoms with Crippen LogP contribution in [0.1, 0.15) is 17.0 Å². The number of benzene rings is 1. The van der Waals surface area contributed by atoms with E-state index in [0.29, 0.717) is 33.7 Å². The molecule has 9 nitrogen and oxygen atoms in total. The number of hydrazine groups is 1. The Balaban J connectivity index is 0.000000320. The number of nitrogens with zero attached hydrogens (tertiary/aromatic N) is 6. The maximum atomic E-state index is 13.0. The molecule has 0 atom stereocenters. The number of nitriles is 1. The molecule has 200 valence electrons. The van der Waals surface area contributed by atoms with Crippen molar-refractivity contribution in [3.05, 3.63) is 93.3 Å². The lowest BCUT2D eigenvalue weighted by atomic mass is 9.96. The third-order valence-corrected chi connectivity index (χ3v) is 5.43. The summed E-state index contributed by atoms with van der Waals surface area (Å²) in [7, 11) is 3.03. The number of hydrogen-bond acceptors (Lipinski definition) is 7. The summed E-state index contributed by atoms with van der Waals surface area (Å²) >= 11 is 5.99. The second kappa shape index (κ2) is 12.2. The Hall–Kier alpha value is -4.76. The Labute approximate surface area is 226 Å². The standard InChI is InChI=1S/C19H15ClN6O2.C7H6F3N/c1-25(11-27)23-18-16(13-7-8-22-15(9-13)10-21)17(19(28)26(2)24-18)12-3-5-14(20)6-4-12;1-5-2-3-6(11-4-5)7(8,9)10/h3-9,11H,1-2H3,(H,23,24);2-4H,1H3. The lowest BCUT2D eigenvalue weighted by molar-refractivity contribution is -0.141. The molecule has 0 fully saturated rings. The Morgan fingerprint density at radius 1 is 1.08 bits per heavy atom. The second-order valence-electron chi connectivity index (χ2n) is 8.12. The molecule has 4 aromatic rings. The summed E-state index contributed by atoms with van der Waals surface area (Å²) in [5, 5.41) is 15.2. The number of nitrogens with one attached hydrogen (secondary N) is 1. The van der Waals surface area contributed by atoms with E-state index in [1.165, 1.54) is 42.2 Å². The van der Waals surface area contributed by atoms with Crippen molar-refractivity contribution in [2.45, 2.75) is 13.1 Å². The van der Waals surface area contributed by atoms with Gasteiger partial charge in [0.15, 0.2) is 5.82 Å². The number of aryl methyl sites for hydroxylation is 2. The largest absolute Gasteiger partial charge is 0.433 e. The zero-order chi connectivity index (χ0) is 28.7. The summed E-state index contributed by atoms with van der Waals surface area (Å²) in [5.74, 6) is 0.275. The summed E-state index contributed by atoms with van der Waals surface area (Å²) in [4.78, 5) is 31.3. The number of rotatable bonds is 5. The molecule has 4 rings (SSSR count). The number of hydrogen-bond donors (Lipinski definition) is 1. The second-order valence-corrected chi connectivity index (χ2v) is 8.56. The van der Waals surface area contributed by atoms with Crippen molar-refractivity contribution >= 4 is 23.8 Å². The van der Waals surface area contributed by atoms with Crippen molar-refractivity contribution in [3.63, 3.8) is 0 Å². The molecule has 1 amide bonds. The number of anilines is 1. The maximum absolute atomic E-state index is 13.0. The minimum absolute atomic E-state index is 0.190. The van der Waals surface area contributed by atoms with Gasteiger partial charge in [-0.1, -0.05) is 29.8 Å². The van der Waals surface area contributed by atoms with Crippen molar-refractivity contribution in [3.8, 4) is 28.3 Å². The molecule has 0 saturated heterocycles. The maximum Gasteiger partial charge on any atom is 0.433 e. The average molecular weight is 556 g/mol. The van der Waals surface area contributed by atoms with E-state index < -0.39 is 11.9 Å². The predicted octanol–water partition coefficient (Wildman–Crippen LogP) is 4.86. The normalized spacial score (nSPS) is 10.6. The highest BCUT2D eigenvalue weighted by molar-refractivity contribution is 6.30. The molecule has 3 aromatic heterocycles. The van der Waals surface area contributed by atoms with Crippen molar-refractivity contribution < 1.29 is 18.0 Å². The molecule has 13 heteroatoms. The zero-order valence-electron chi connectivity index (χ0n) is 20.9. The smallest absolute Gasteiger partial charge is 0.278 e. The Morgan fingerprint density at radius 3 is 2.33 bits per heavy atom. The molecule has 39 heavy (non-hydrogen) atoms. The predicted molar refractivity (Wildman–Crippen MR) is 139 cm³/mol. The molecular weight excluding hydrogens is 535 g/mol. The first-order valence-electron chi connectivity index (χ1n) is 11.1. The van der Waals surface area contributed by atoms with Crippen LogP contribution in [-0.2, 0) is 18.0 Å². The molecule has 0 bridgehead atoms. The van der Waals surface area contributed by atoms with Crippen LogP contribution in [-0.4, -0.2) is 38.2 Å². The summed E-state index contributed by atoms with van der Waals surface area (Å²) in [5.41, 5.74) is 4.55. The van der Waals surface area contributed by atoms with Gasteiger partial charge in [0.2, 0.25) is 6.41 Å². The lowest BCUT2D eigenvalue weighted by Gasteiger charge is -2.20. The fourth-order valence-corrected chi connectivity index (χ4v) is 3.48. The molecule has 1 N–H and O–H groups in total. The summed E-state index contributed by atoms with van der Waals surface area (Å²) < 4.78 is 36.8. The van der Waals surface area contributed by atoms with Gasteiger partial charge in [-0.05, 0) is 53.9 Å². The van der Waals surface area contributed by atoms with Gasteiger partial charge in [0.25, 0.3) is 5.56 Å². The van der Waals surface area contributed by atoms with Crippen molar-refractivity contribution in [1.82, 2.24) is 24.8 Å². The molecular formula is C26H21ClF3N7O2. The molecule has 3 heterocycles. The van der Waals surface area contributed by atoms with E-state index in [2.05, 4.69) is 20.5 Å². The molecule has 0 spiro atoms. The highest BCUT2D eigenvalue weighted by Crippen LogP contribution is 2.35. The molecule has 0 saturated carbocycles. The Morgan fingerprint density at radius 2 is 1.77 bits per heavy atom. The highest BCUT2D eigenvalue weighted by Gasteiger charge is 2.31. The van der Waals surface area contributed by atoms with Gasteiger partial charge in [-0.15, -0.1) is 0 Å². The third-order valence-electron chi connectivity index (χ3n) is 5.18. The Bertz CT molecular complexity index is 1570. The fourth-order valence-electron chi connectivity index (χ4n) is 3.35. The molecule has 0 radical (unpaired) electrons. The number of aromatic nitrogens is 4. The van der Waals surface area contributed by atoms with Crippen LogP contribution in [0.15, 0.2) is 65.7 Å². The van der Waals surface area contributed by atoms with Crippen LogP contribution in [0.2, 0.25) is 5.02 Å². The summed E-state index contributed by atoms with van der Waals surface area (Å²) in [6.45, 7) is 1.69. The quantitative estimate of drug-likeness (QED) is 0.276. The van der Waals surface area contributed by atoms with Crippen LogP contribution < -0.4 is 11.0 Å². The minimum Gasteiger partial charge on any atom is -0.278 e. The van der Waals surface area contributed by atoms with Crippen LogP contribution in [0.5, 0.6) is 0 Å².